The Bertz CT molecular complexity index is 11.7. The average molecular weight is 110 g/mol. The predicted octanol–water partition coefficient (Wildman–Crippen LogP) is -2.14. The molecule has 0 aliphatic heterocycles. The summed E-state index contributed by atoms with van der Waals surface area (Å²) in [6, 6.07) is 0. The van der Waals surface area contributed by atoms with Crippen LogP contribution in [-0.4, -0.2) is 59.1 Å². The summed E-state index contributed by atoms with van der Waals surface area (Å²) in [6.07, 6.45) is 2.28. The summed E-state index contributed by atoms with van der Waals surface area (Å²) in [5.41, 5.74) is 0. The zero-order chi connectivity index (χ0) is 3.41. The molecule has 0 nitrogen and oxygen atoms in total. The van der Waals surface area contributed by atoms with Gasteiger partial charge in [-0.15, -0.1) is 0 Å². The molecule has 0 fully saturated rings. The maximum Gasteiger partial charge on any atom is 1.00 e. The van der Waals surface area contributed by atoms with Gasteiger partial charge in [0.1, 0.15) is 0 Å². The fraction of sp³-hybridized carbons (Fsp3) is 0.750. The number of rotatable bonds is 1. The molecule has 0 aromatic heterocycles. The van der Waals surface area contributed by atoms with Gasteiger partial charge in [-0.05, 0) is 0 Å². The van der Waals surface area contributed by atoms with Crippen molar-refractivity contribution in [2.45, 2.75) is 19.8 Å². The molecule has 2 radical (unpaired) electrons. The third-order valence-corrected chi connectivity index (χ3v) is 0.354. The van der Waals surface area contributed by atoms with Crippen LogP contribution in [0.3, 0.4) is 0 Å². The van der Waals surface area contributed by atoms with E-state index in [2.05, 4.69) is 13.8 Å². The molecule has 0 unspecified atom stereocenters. The Morgan fingerprint density at radius 2 is 1.43 bits per heavy atom. The molecule has 0 rings (SSSR count). The monoisotopic (exact) mass is 110 g/mol. The summed E-state index contributed by atoms with van der Waals surface area (Å²) < 4.78 is 0. The fourth-order valence-electron chi connectivity index (χ4n) is 0. The van der Waals surface area contributed by atoms with E-state index in [1.165, 1.54) is 6.42 Å². The molecule has 0 bridgehead atoms. The smallest absolute Gasteiger partial charge is 0.343 e. The van der Waals surface area contributed by atoms with E-state index in [0.29, 0.717) is 0 Å². The maximum atomic E-state index is 3.60. The van der Waals surface area contributed by atoms with E-state index in [9.17, 15) is 0 Å². The van der Waals surface area contributed by atoms with Crippen molar-refractivity contribution in [3.63, 3.8) is 0 Å². The van der Waals surface area contributed by atoms with Gasteiger partial charge in [0.25, 0.3) is 0 Å². The number of unbranched alkanes of at least 4 members (excludes halogenated alkanes) is 1. The zero-order valence-electron chi connectivity index (χ0n) is 6.12. The first-order chi connectivity index (χ1) is 1.91. The van der Waals surface area contributed by atoms with E-state index < -0.39 is 0 Å². The van der Waals surface area contributed by atoms with Crippen molar-refractivity contribution in [1.29, 1.82) is 0 Å². The van der Waals surface area contributed by atoms with Crippen molar-refractivity contribution in [3.05, 3.63) is 6.92 Å². The summed E-state index contributed by atoms with van der Waals surface area (Å²) in [4.78, 5) is 0. The molecule has 0 spiro atoms. The molecule has 0 saturated carbocycles. The molecule has 0 aromatic carbocycles. The van der Waals surface area contributed by atoms with Crippen LogP contribution in [0.15, 0.2) is 0 Å². The van der Waals surface area contributed by atoms with Gasteiger partial charge in [0.2, 0.25) is 0 Å². The minimum absolute atomic E-state index is 0. The van der Waals surface area contributed by atoms with Gasteiger partial charge in [0, 0.05) is 59.1 Å². The molecule has 0 saturated heterocycles. The van der Waals surface area contributed by atoms with Crippen molar-refractivity contribution in [2.24, 2.45) is 0 Å². The Labute approximate surface area is 103 Å². The topological polar surface area (TPSA) is 0 Å². The molecule has 0 atom stereocenters. The van der Waals surface area contributed by atoms with Gasteiger partial charge in [-0.1, -0.05) is 13.3 Å². The van der Waals surface area contributed by atoms with Crippen LogP contribution in [-0.2, 0) is 0 Å². The van der Waals surface area contributed by atoms with E-state index in [1.807, 2.05) is 0 Å². The molecule has 3 heteroatoms. The Morgan fingerprint density at radius 3 is 1.43 bits per heavy atom. The average Bonchev–Trinajstić information content (AvgIpc) is 1.37. The molecule has 7 heavy (non-hydrogen) atoms. The van der Waals surface area contributed by atoms with Crippen LogP contribution in [0, 0.1) is 6.92 Å². The Balaban J connectivity index is -0.0000000150. The van der Waals surface area contributed by atoms with Gasteiger partial charge in [-0.3, -0.25) is 0 Å². The predicted molar refractivity (Wildman–Crippen MR) is 31.8 cm³/mol. The molecule has 0 aromatic rings. The maximum absolute atomic E-state index is 3.60. The molecule has 0 N–H and O–H groups in total. The largest absolute Gasteiger partial charge is 1.00 e. The van der Waals surface area contributed by atoms with Crippen molar-refractivity contribution < 1.29 is 18.9 Å². The first-order valence-electron chi connectivity index (χ1n) is 1.71. The van der Waals surface area contributed by atoms with Crippen LogP contribution in [0.2, 0.25) is 0 Å². The molecule has 28 valence electrons. The molecular weight excluding hydrogens is 101 g/mol. The first-order valence-corrected chi connectivity index (χ1v) is 1.71. The van der Waals surface area contributed by atoms with Gasteiger partial charge in [-0.2, -0.15) is 6.42 Å². The summed E-state index contributed by atoms with van der Waals surface area (Å²) >= 11 is 0. The summed E-state index contributed by atoms with van der Waals surface area (Å²) in [5.74, 6) is 0. The van der Waals surface area contributed by atoms with E-state index in [4.69, 9.17) is 0 Å². The minimum atomic E-state index is 0. The molecular formula is C4H9LiNa2. The third kappa shape index (κ3) is 28.9. The second-order valence-electron chi connectivity index (χ2n) is 0.854. The Kier molecular flexibility index (Phi) is 75.9. The number of hydrogen-bond acceptors (Lipinski definition) is 0. The Hall–Kier alpha value is 2.60. The quantitative estimate of drug-likeness (QED) is 0.267. The summed E-state index contributed by atoms with van der Waals surface area (Å²) in [5, 5.41) is 0. The Morgan fingerprint density at radius 1 is 1.29 bits per heavy atom. The van der Waals surface area contributed by atoms with Gasteiger partial charge in [0.15, 0.2) is 0 Å². The molecule has 0 aliphatic carbocycles. The van der Waals surface area contributed by atoms with Crippen molar-refractivity contribution in [2.75, 3.05) is 0 Å². The second kappa shape index (κ2) is 23.5. The van der Waals surface area contributed by atoms with E-state index in [-0.39, 0.29) is 78.0 Å². The van der Waals surface area contributed by atoms with Gasteiger partial charge < -0.3 is 6.92 Å². The third-order valence-electron chi connectivity index (χ3n) is 0.354. The van der Waals surface area contributed by atoms with Crippen LogP contribution in [0.5, 0.6) is 0 Å². The molecule has 0 aliphatic rings. The van der Waals surface area contributed by atoms with E-state index in [1.54, 1.807) is 0 Å². The van der Waals surface area contributed by atoms with Crippen LogP contribution >= 0.6 is 0 Å². The van der Waals surface area contributed by atoms with E-state index >= 15 is 0 Å². The standard InChI is InChI=1S/C4H9.Li.2Na/c1-3-4-2;;;/h1,3-4H2,2H3;;;/q-1;+1;;. The van der Waals surface area contributed by atoms with Crippen LogP contribution in [0.4, 0.5) is 0 Å². The minimum Gasteiger partial charge on any atom is -0.343 e. The van der Waals surface area contributed by atoms with Crippen LogP contribution in [0.1, 0.15) is 19.8 Å². The zero-order valence-corrected chi connectivity index (χ0v) is 10.1. The summed E-state index contributed by atoms with van der Waals surface area (Å²) in [6.45, 7) is 5.72. The molecule has 0 amide bonds. The number of hydrogen-bond donors (Lipinski definition) is 0. The van der Waals surface area contributed by atoms with Crippen molar-refractivity contribution in [1.82, 2.24) is 0 Å². The van der Waals surface area contributed by atoms with Crippen molar-refractivity contribution in [3.8, 4) is 0 Å². The molecule has 0 heterocycles. The fourth-order valence-corrected chi connectivity index (χ4v) is 0. The van der Waals surface area contributed by atoms with Gasteiger partial charge in [0.05, 0.1) is 0 Å². The van der Waals surface area contributed by atoms with Gasteiger partial charge in [-0.25, -0.2) is 0 Å². The van der Waals surface area contributed by atoms with Crippen molar-refractivity contribution >= 4 is 59.1 Å². The van der Waals surface area contributed by atoms with E-state index in [0.717, 1.165) is 6.42 Å². The second-order valence-corrected chi connectivity index (χ2v) is 0.854. The van der Waals surface area contributed by atoms with Crippen LogP contribution < -0.4 is 18.9 Å². The van der Waals surface area contributed by atoms with Gasteiger partial charge >= 0.3 is 18.9 Å². The SMILES string of the molecule is [CH2-]CCC.[Li+].[Na].[Na]. The first kappa shape index (κ1) is 22.6. The normalized spacial score (nSPS) is 4.29. The van der Waals surface area contributed by atoms with Crippen LogP contribution in [0.25, 0.3) is 0 Å². The summed E-state index contributed by atoms with van der Waals surface area (Å²) in [7, 11) is 0.